The van der Waals surface area contributed by atoms with E-state index in [0.29, 0.717) is 16.8 Å². The van der Waals surface area contributed by atoms with E-state index in [4.69, 9.17) is 0 Å². The van der Waals surface area contributed by atoms with E-state index in [9.17, 15) is 19.5 Å². The summed E-state index contributed by atoms with van der Waals surface area (Å²) in [5.41, 5.74) is 1.83. The van der Waals surface area contributed by atoms with Crippen LogP contribution in [0.15, 0.2) is 42.5 Å². The number of amides is 2. The molecule has 1 aliphatic rings. The fourth-order valence-electron chi connectivity index (χ4n) is 2.44. The van der Waals surface area contributed by atoms with Gasteiger partial charge in [0.25, 0.3) is 11.8 Å². The Balaban J connectivity index is 2.06. The lowest BCUT2D eigenvalue weighted by Gasteiger charge is -2.14. The lowest BCUT2D eigenvalue weighted by Crippen LogP contribution is -2.29. The van der Waals surface area contributed by atoms with Crippen molar-refractivity contribution in [3.63, 3.8) is 0 Å². The van der Waals surface area contributed by atoms with E-state index in [0.717, 1.165) is 10.5 Å². The number of hydrogen-bond acceptors (Lipinski definition) is 4. The number of rotatable bonds is 2. The maximum absolute atomic E-state index is 12.4. The van der Waals surface area contributed by atoms with Gasteiger partial charge in [-0.3, -0.25) is 9.59 Å². The van der Waals surface area contributed by atoms with Crippen molar-refractivity contribution in [3.05, 3.63) is 64.7 Å². The highest BCUT2D eigenvalue weighted by molar-refractivity contribution is 6.34. The van der Waals surface area contributed by atoms with E-state index < -0.39 is 17.8 Å². The number of carboxylic acid groups (broad SMARTS) is 1. The molecule has 0 aromatic heterocycles. The molecule has 0 atom stereocenters. The van der Waals surface area contributed by atoms with Crippen LogP contribution >= 0.6 is 0 Å². The van der Waals surface area contributed by atoms with Gasteiger partial charge in [0.15, 0.2) is 0 Å². The van der Waals surface area contributed by atoms with Crippen molar-refractivity contribution in [3.8, 4) is 0 Å². The number of hydrogen-bond donors (Lipinski definition) is 0. The first kappa shape index (κ1) is 13.1. The van der Waals surface area contributed by atoms with Gasteiger partial charge in [-0.25, -0.2) is 4.90 Å². The summed E-state index contributed by atoms with van der Waals surface area (Å²) in [6.45, 7) is 1.77. The third-order valence-corrected chi connectivity index (χ3v) is 3.48. The van der Waals surface area contributed by atoms with Gasteiger partial charge in [-0.1, -0.05) is 24.3 Å². The monoisotopic (exact) mass is 280 g/mol. The summed E-state index contributed by atoms with van der Waals surface area (Å²) in [5, 5.41) is 10.7. The number of imide groups is 1. The molecular weight excluding hydrogens is 270 g/mol. The number of benzene rings is 2. The summed E-state index contributed by atoms with van der Waals surface area (Å²) in [6.07, 6.45) is 0. The van der Waals surface area contributed by atoms with Crippen LogP contribution in [0.3, 0.4) is 0 Å². The topological polar surface area (TPSA) is 77.5 Å². The molecule has 21 heavy (non-hydrogen) atoms. The summed E-state index contributed by atoms with van der Waals surface area (Å²) in [6, 6.07) is 10.6. The summed E-state index contributed by atoms with van der Waals surface area (Å²) in [7, 11) is 0. The smallest absolute Gasteiger partial charge is 0.266 e. The second kappa shape index (κ2) is 4.56. The number of aryl methyl sites for hydroxylation is 1. The molecular formula is C16H10NO4-. The first-order valence-corrected chi connectivity index (χ1v) is 6.30. The largest absolute Gasteiger partial charge is 0.545 e. The molecule has 0 saturated heterocycles. The zero-order valence-corrected chi connectivity index (χ0v) is 11.1. The fourth-order valence-corrected chi connectivity index (χ4v) is 2.44. The van der Waals surface area contributed by atoms with E-state index in [1.165, 1.54) is 24.3 Å². The Hall–Kier alpha value is -2.95. The van der Waals surface area contributed by atoms with Crippen molar-refractivity contribution in [1.82, 2.24) is 0 Å². The molecule has 1 heterocycles. The van der Waals surface area contributed by atoms with Gasteiger partial charge in [0.05, 0.1) is 22.8 Å². The first-order valence-electron chi connectivity index (χ1n) is 6.30. The second-order valence-electron chi connectivity index (χ2n) is 4.78. The van der Waals surface area contributed by atoms with Gasteiger partial charge in [0.1, 0.15) is 0 Å². The van der Waals surface area contributed by atoms with Gasteiger partial charge < -0.3 is 9.90 Å². The average Bonchev–Trinajstić information content (AvgIpc) is 2.72. The van der Waals surface area contributed by atoms with E-state index in [-0.39, 0.29) is 5.56 Å². The molecule has 0 N–H and O–H groups in total. The minimum atomic E-state index is -1.31. The molecule has 0 fully saturated rings. The van der Waals surface area contributed by atoms with Crippen molar-refractivity contribution in [2.45, 2.75) is 6.92 Å². The number of anilines is 1. The highest BCUT2D eigenvalue weighted by Gasteiger charge is 2.37. The maximum Gasteiger partial charge on any atom is 0.266 e. The van der Waals surface area contributed by atoms with Crippen LogP contribution in [0.1, 0.15) is 36.6 Å². The van der Waals surface area contributed by atoms with Crippen molar-refractivity contribution in [1.29, 1.82) is 0 Å². The number of nitrogens with zero attached hydrogens (tertiary/aromatic N) is 1. The van der Waals surface area contributed by atoms with Crippen LogP contribution in [-0.4, -0.2) is 17.8 Å². The molecule has 0 spiro atoms. The second-order valence-corrected chi connectivity index (χ2v) is 4.78. The lowest BCUT2D eigenvalue weighted by atomic mass is 10.0. The molecule has 0 aliphatic carbocycles. The Kier molecular flexibility index (Phi) is 2.83. The fraction of sp³-hybridized carbons (Fsp3) is 0.0625. The van der Waals surface area contributed by atoms with Crippen LogP contribution in [0.2, 0.25) is 0 Å². The Bertz CT molecular complexity index is 777. The van der Waals surface area contributed by atoms with E-state index in [2.05, 4.69) is 0 Å². The van der Waals surface area contributed by atoms with Crippen LogP contribution in [0.5, 0.6) is 0 Å². The minimum Gasteiger partial charge on any atom is -0.545 e. The molecule has 0 radical (unpaired) electrons. The van der Waals surface area contributed by atoms with Crippen LogP contribution in [0.25, 0.3) is 0 Å². The maximum atomic E-state index is 12.4. The van der Waals surface area contributed by atoms with Crippen molar-refractivity contribution in [2.24, 2.45) is 0 Å². The van der Waals surface area contributed by atoms with E-state index >= 15 is 0 Å². The predicted molar refractivity (Wildman–Crippen MR) is 73.1 cm³/mol. The van der Waals surface area contributed by atoms with Crippen LogP contribution in [0.4, 0.5) is 5.69 Å². The van der Waals surface area contributed by atoms with Gasteiger partial charge >= 0.3 is 0 Å². The minimum absolute atomic E-state index is 0.00783. The van der Waals surface area contributed by atoms with Crippen LogP contribution in [-0.2, 0) is 0 Å². The summed E-state index contributed by atoms with van der Waals surface area (Å²) in [5.74, 6) is -2.10. The van der Waals surface area contributed by atoms with Gasteiger partial charge in [-0.15, -0.1) is 0 Å². The van der Waals surface area contributed by atoms with Gasteiger partial charge in [-0.2, -0.15) is 0 Å². The normalized spacial score (nSPS) is 13.5. The molecule has 2 aromatic carbocycles. The first-order chi connectivity index (χ1) is 10.0. The summed E-state index contributed by atoms with van der Waals surface area (Å²) in [4.78, 5) is 36.6. The SMILES string of the molecule is Cc1cccc2c1C(=O)N(c1ccc(C(=O)[O-])cc1)C2=O. The summed E-state index contributed by atoms with van der Waals surface area (Å²) >= 11 is 0. The predicted octanol–water partition coefficient (Wildman–Crippen LogP) is 1.16. The zero-order chi connectivity index (χ0) is 15.1. The molecule has 1 aliphatic heterocycles. The highest BCUT2D eigenvalue weighted by atomic mass is 16.4. The van der Waals surface area contributed by atoms with Gasteiger partial charge in [0, 0.05) is 0 Å². The molecule has 0 saturated carbocycles. The highest BCUT2D eigenvalue weighted by Crippen LogP contribution is 2.30. The van der Waals surface area contributed by atoms with Crippen LogP contribution in [0, 0.1) is 6.92 Å². The molecule has 2 amide bonds. The zero-order valence-electron chi connectivity index (χ0n) is 11.1. The Labute approximate surface area is 120 Å². The van der Waals surface area contributed by atoms with Gasteiger partial charge in [-0.05, 0) is 36.2 Å². The third-order valence-electron chi connectivity index (χ3n) is 3.48. The Morgan fingerprint density at radius 2 is 1.67 bits per heavy atom. The third kappa shape index (κ3) is 1.90. The number of carbonyl (C=O) groups is 3. The quantitative estimate of drug-likeness (QED) is 0.773. The van der Waals surface area contributed by atoms with Crippen molar-refractivity contribution in [2.75, 3.05) is 4.90 Å². The van der Waals surface area contributed by atoms with Gasteiger partial charge in [0.2, 0.25) is 0 Å². The molecule has 0 unspecified atom stereocenters. The number of carbonyl (C=O) groups excluding carboxylic acids is 3. The van der Waals surface area contributed by atoms with Crippen molar-refractivity contribution >= 4 is 23.5 Å². The number of carboxylic acids is 1. The number of aromatic carboxylic acids is 1. The van der Waals surface area contributed by atoms with E-state index in [1.807, 2.05) is 0 Å². The van der Waals surface area contributed by atoms with E-state index in [1.54, 1.807) is 25.1 Å². The Morgan fingerprint density at radius 3 is 2.24 bits per heavy atom. The standard InChI is InChI=1S/C16H11NO4/c1-9-3-2-4-12-13(9)15(19)17(14(12)18)11-7-5-10(6-8-11)16(20)21/h2-8H,1H3,(H,20,21)/p-1. The molecule has 2 aromatic rings. The average molecular weight is 280 g/mol. The molecule has 104 valence electrons. The molecule has 5 nitrogen and oxygen atoms in total. The summed E-state index contributed by atoms with van der Waals surface area (Å²) < 4.78 is 0. The molecule has 0 bridgehead atoms. The van der Waals surface area contributed by atoms with Crippen LogP contribution < -0.4 is 10.0 Å². The Morgan fingerprint density at radius 1 is 1.00 bits per heavy atom. The van der Waals surface area contributed by atoms with Crippen molar-refractivity contribution < 1.29 is 19.5 Å². The lowest BCUT2D eigenvalue weighted by molar-refractivity contribution is -0.255. The number of fused-ring (bicyclic) bond motifs is 1. The molecule has 5 heteroatoms. The molecule has 3 rings (SSSR count).